The summed E-state index contributed by atoms with van der Waals surface area (Å²) in [5, 5.41) is 3.60. The summed E-state index contributed by atoms with van der Waals surface area (Å²) in [6.07, 6.45) is 6.53. The molecule has 5 rings (SSSR count). The molecule has 158 valence electrons. The highest BCUT2D eigenvalue weighted by Crippen LogP contribution is 2.28. The molecule has 2 aromatic heterocycles. The lowest BCUT2D eigenvalue weighted by atomic mass is 9.99. The summed E-state index contributed by atoms with van der Waals surface area (Å²) in [5.41, 5.74) is 3.89. The number of rotatable bonds is 5. The van der Waals surface area contributed by atoms with E-state index < -0.39 is 0 Å². The number of carbonyl (C=O) groups excluding carboxylic acids is 1. The molecule has 0 aliphatic carbocycles. The van der Waals surface area contributed by atoms with Crippen molar-refractivity contribution >= 4 is 32.6 Å². The fourth-order valence-electron chi connectivity index (χ4n) is 4.06. The van der Waals surface area contributed by atoms with E-state index in [4.69, 9.17) is 0 Å². The second-order valence-corrected chi connectivity index (χ2v) is 9.40. The molecule has 1 aliphatic heterocycles. The van der Waals surface area contributed by atoms with Crippen molar-refractivity contribution in [1.82, 2.24) is 14.5 Å². The number of likely N-dealkylation sites (tertiary alicyclic amines) is 1. The Bertz CT molecular complexity index is 1170. The predicted octanol–water partition coefficient (Wildman–Crippen LogP) is 5.57. The van der Waals surface area contributed by atoms with Crippen LogP contribution in [0.15, 0.2) is 67.0 Å². The number of hydrogen-bond acceptors (Lipinski definition) is 4. The summed E-state index contributed by atoms with van der Waals surface area (Å²) in [7, 11) is 0. The molecule has 1 aliphatic rings. The Morgan fingerprint density at radius 1 is 1.10 bits per heavy atom. The van der Waals surface area contributed by atoms with E-state index >= 15 is 0 Å². The SMILES string of the molecule is CC1CCN(Cc2ccc3nc(NC(=O)c4ccc(-n5cccc5)cc4)sc3c2)CC1. The molecule has 2 aromatic carbocycles. The van der Waals surface area contributed by atoms with Crippen LogP contribution in [0.1, 0.15) is 35.7 Å². The molecule has 1 saturated heterocycles. The zero-order valence-electron chi connectivity index (χ0n) is 17.6. The molecule has 3 heterocycles. The second-order valence-electron chi connectivity index (χ2n) is 8.37. The third-order valence-electron chi connectivity index (χ3n) is 5.99. The number of anilines is 1. The van der Waals surface area contributed by atoms with Crippen LogP contribution in [-0.2, 0) is 6.54 Å². The Kier molecular flexibility index (Phi) is 5.57. The number of amides is 1. The van der Waals surface area contributed by atoms with E-state index in [1.807, 2.05) is 53.4 Å². The first kappa shape index (κ1) is 20.0. The van der Waals surface area contributed by atoms with Gasteiger partial charge in [0.25, 0.3) is 5.91 Å². The van der Waals surface area contributed by atoms with E-state index in [0.29, 0.717) is 10.7 Å². The minimum Gasteiger partial charge on any atom is -0.324 e. The number of fused-ring (bicyclic) bond motifs is 1. The molecule has 5 nitrogen and oxygen atoms in total. The van der Waals surface area contributed by atoms with Gasteiger partial charge in [0.1, 0.15) is 0 Å². The summed E-state index contributed by atoms with van der Waals surface area (Å²) in [5.74, 6) is 0.706. The van der Waals surface area contributed by atoms with Gasteiger partial charge in [0.05, 0.1) is 10.2 Å². The number of piperidine rings is 1. The molecule has 0 saturated carbocycles. The average molecular weight is 431 g/mol. The van der Waals surface area contributed by atoms with Gasteiger partial charge in [-0.2, -0.15) is 0 Å². The number of aromatic nitrogens is 2. The van der Waals surface area contributed by atoms with E-state index in [1.165, 1.54) is 42.8 Å². The van der Waals surface area contributed by atoms with Crippen molar-refractivity contribution in [3.05, 3.63) is 78.1 Å². The molecule has 0 spiro atoms. The number of thiazole rings is 1. The maximum atomic E-state index is 12.7. The zero-order chi connectivity index (χ0) is 21.2. The molecule has 1 N–H and O–H groups in total. The van der Waals surface area contributed by atoms with Crippen molar-refractivity contribution in [3.63, 3.8) is 0 Å². The Balaban J connectivity index is 1.26. The smallest absolute Gasteiger partial charge is 0.257 e. The van der Waals surface area contributed by atoms with Gasteiger partial charge in [-0.05, 0) is 85.9 Å². The van der Waals surface area contributed by atoms with Gasteiger partial charge in [0.2, 0.25) is 0 Å². The summed E-state index contributed by atoms with van der Waals surface area (Å²) in [4.78, 5) is 19.8. The standard InChI is InChI=1S/C25H26N4OS/c1-18-10-14-28(15-11-18)17-19-4-9-22-23(16-19)31-25(26-22)27-24(30)20-5-7-21(8-6-20)29-12-2-3-13-29/h2-9,12-13,16,18H,10-11,14-15,17H2,1H3,(H,26,27,30). The lowest BCUT2D eigenvalue weighted by molar-refractivity contribution is 0.102. The van der Waals surface area contributed by atoms with E-state index in [0.717, 1.165) is 28.4 Å². The van der Waals surface area contributed by atoms with Crippen LogP contribution in [0, 0.1) is 5.92 Å². The number of nitrogens with zero attached hydrogens (tertiary/aromatic N) is 3. The van der Waals surface area contributed by atoms with Crippen LogP contribution in [0.3, 0.4) is 0 Å². The number of carbonyl (C=O) groups is 1. The van der Waals surface area contributed by atoms with E-state index in [1.54, 1.807) is 0 Å². The summed E-state index contributed by atoms with van der Waals surface area (Å²) < 4.78 is 3.12. The third kappa shape index (κ3) is 4.55. The van der Waals surface area contributed by atoms with Gasteiger partial charge in [-0.1, -0.05) is 24.3 Å². The van der Waals surface area contributed by atoms with Crippen molar-refractivity contribution in [2.24, 2.45) is 5.92 Å². The third-order valence-corrected chi connectivity index (χ3v) is 6.92. The minimum absolute atomic E-state index is 0.138. The van der Waals surface area contributed by atoms with Gasteiger partial charge in [0.15, 0.2) is 5.13 Å². The molecule has 6 heteroatoms. The van der Waals surface area contributed by atoms with Crippen molar-refractivity contribution in [2.75, 3.05) is 18.4 Å². The molecule has 1 amide bonds. The molecular formula is C25H26N4OS. The van der Waals surface area contributed by atoms with Gasteiger partial charge in [0, 0.05) is 30.2 Å². The number of benzene rings is 2. The molecule has 0 atom stereocenters. The van der Waals surface area contributed by atoms with Crippen LogP contribution in [-0.4, -0.2) is 33.4 Å². The molecule has 4 aromatic rings. The number of nitrogens with one attached hydrogen (secondary N) is 1. The molecular weight excluding hydrogens is 404 g/mol. The first-order chi connectivity index (χ1) is 15.1. The van der Waals surface area contributed by atoms with Gasteiger partial charge < -0.3 is 4.57 Å². The van der Waals surface area contributed by atoms with Crippen LogP contribution >= 0.6 is 11.3 Å². The fourth-order valence-corrected chi connectivity index (χ4v) is 4.98. The second kappa shape index (κ2) is 8.65. The largest absolute Gasteiger partial charge is 0.324 e. The maximum absolute atomic E-state index is 12.7. The van der Waals surface area contributed by atoms with Crippen LogP contribution in [0.4, 0.5) is 5.13 Å². The molecule has 0 radical (unpaired) electrons. The van der Waals surface area contributed by atoms with Crippen molar-refractivity contribution < 1.29 is 4.79 Å². The fraction of sp³-hybridized carbons (Fsp3) is 0.280. The Morgan fingerprint density at radius 2 is 1.84 bits per heavy atom. The van der Waals surface area contributed by atoms with Gasteiger partial charge in [-0.3, -0.25) is 15.0 Å². The summed E-state index contributed by atoms with van der Waals surface area (Å²) in [6.45, 7) is 5.67. The molecule has 0 bridgehead atoms. The van der Waals surface area contributed by atoms with E-state index in [9.17, 15) is 4.79 Å². The van der Waals surface area contributed by atoms with Gasteiger partial charge in [-0.15, -0.1) is 0 Å². The lowest BCUT2D eigenvalue weighted by Crippen LogP contribution is -2.32. The average Bonchev–Trinajstić information content (AvgIpc) is 3.45. The van der Waals surface area contributed by atoms with Crippen LogP contribution in [0.25, 0.3) is 15.9 Å². The van der Waals surface area contributed by atoms with Crippen molar-refractivity contribution in [2.45, 2.75) is 26.3 Å². The molecule has 0 unspecified atom stereocenters. The topological polar surface area (TPSA) is 50.2 Å². The first-order valence-electron chi connectivity index (χ1n) is 10.8. The van der Waals surface area contributed by atoms with E-state index in [2.05, 4.69) is 40.3 Å². The van der Waals surface area contributed by atoms with Crippen molar-refractivity contribution in [3.8, 4) is 5.69 Å². The quantitative estimate of drug-likeness (QED) is 0.450. The van der Waals surface area contributed by atoms with Gasteiger partial charge in [-0.25, -0.2) is 4.98 Å². The maximum Gasteiger partial charge on any atom is 0.257 e. The Morgan fingerprint density at radius 3 is 2.58 bits per heavy atom. The predicted molar refractivity (Wildman–Crippen MR) is 127 cm³/mol. The highest BCUT2D eigenvalue weighted by molar-refractivity contribution is 7.22. The highest BCUT2D eigenvalue weighted by Gasteiger charge is 2.16. The van der Waals surface area contributed by atoms with Gasteiger partial charge >= 0.3 is 0 Å². The number of hydrogen-bond donors (Lipinski definition) is 1. The van der Waals surface area contributed by atoms with Crippen LogP contribution in [0.2, 0.25) is 0 Å². The Hall–Kier alpha value is -2.96. The summed E-state index contributed by atoms with van der Waals surface area (Å²) in [6, 6.07) is 18.0. The molecule has 1 fully saturated rings. The lowest BCUT2D eigenvalue weighted by Gasteiger charge is -2.30. The zero-order valence-corrected chi connectivity index (χ0v) is 18.4. The van der Waals surface area contributed by atoms with Crippen molar-refractivity contribution in [1.29, 1.82) is 0 Å². The van der Waals surface area contributed by atoms with E-state index in [-0.39, 0.29) is 5.91 Å². The monoisotopic (exact) mass is 430 g/mol. The normalized spacial score (nSPS) is 15.4. The molecule has 31 heavy (non-hydrogen) atoms. The first-order valence-corrected chi connectivity index (χ1v) is 11.6. The van der Waals surface area contributed by atoms with Crippen LogP contribution in [0.5, 0.6) is 0 Å². The highest BCUT2D eigenvalue weighted by atomic mass is 32.1. The Labute approximate surface area is 186 Å². The minimum atomic E-state index is -0.138. The van der Waals surface area contributed by atoms with Crippen LogP contribution < -0.4 is 5.32 Å². The summed E-state index contributed by atoms with van der Waals surface area (Å²) >= 11 is 1.53.